The highest BCUT2D eigenvalue weighted by atomic mass is 35.5. The van der Waals surface area contributed by atoms with Crippen LogP contribution in [0.5, 0.6) is 0 Å². The molecule has 0 saturated carbocycles. The van der Waals surface area contributed by atoms with Gasteiger partial charge in [-0.2, -0.15) is 8.42 Å². The molecule has 1 aromatic carbocycles. The molecule has 6 nitrogen and oxygen atoms in total. The van der Waals surface area contributed by atoms with E-state index in [9.17, 15) is 8.42 Å². The Hall–Kier alpha value is -1.70. The van der Waals surface area contributed by atoms with Crippen LogP contribution in [0.4, 0.5) is 5.95 Å². The van der Waals surface area contributed by atoms with Crippen LogP contribution in [0.2, 0.25) is 5.02 Å². The molecule has 0 spiro atoms. The van der Waals surface area contributed by atoms with Crippen molar-refractivity contribution in [1.29, 1.82) is 0 Å². The van der Waals surface area contributed by atoms with Crippen LogP contribution >= 0.6 is 11.6 Å². The molecule has 1 aliphatic heterocycles. The minimum Gasteiger partial charge on any atom is -0.341 e. The number of halogens is 1. The quantitative estimate of drug-likeness (QED) is 0.540. The number of aromatic nitrogens is 2. The number of benzene rings is 1. The maximum Gasteiger partial charge on any atom is 0.296 e. The molecule has 8 heteroatoms. The van der Waals surface area contributed by atoms with Crippen molar-refractivity contribution in [2.45, 2.75) is 44.9 Å². The van der Waals surface area contributed by atoms with Gasteiger partial charge in [-0.1, -0.05) is 43.1 Å². The summed E-state index contributed by atoms with van der Waals surface area (Å²) in [4.78, 5) is 11.0. The van der Waals surface area contributed by atoms with Crippen molar-refractivity contribution >= 4 is 27.7 Å². The topological polar surface area (TPSA) is 72.4 Å². The zero-order valence-electron chi connectivity index (χ0n) is 17.8. The average Bonchev–Trinajstić information content (AvgIpc) is 2.74. The lowest BCUT2D eigenvalue weighted by molar-refractivity contribution is 0.188. The van der Waals surface area contributed by atoms with E-state index in [1.54, 1.807) is 36.7 Å². The number of hydrogen-bond donors (Lipinski definition) is 0. The van der Waals surface area contributed by atoms with Crippen molar-refractivity contribution in [3.8, 4) is 0 Å². The minimum atomic E-state index is -3.69. The van der Waals surface area contributed by atoms with Gasteiger partial charge >= 0.3 is 0 Å². The van der Waals surface area contributed by atoms with Crippen LogP contribution < -0.4 is 4.90 Å². The van der Waals surface area contributed by atoms with Gasteiger partial charge in [-0.15, -0.1) is 0 Å². The Balaban J connectivity index is 1.45. The molecule has 0 aliphatic carbocycles. The fourth-order valence-electron chi connectivity index (χ4n) is 3.94. The summed E-state index contributed by atoms with van der Waals surface area (Å²) in [6, 6.07) is 6.74. The van der Waals surface area contributed by atoms with E-state index in [-0.39, 0.29) is 11.5 Å². The highest BCUT2D eigenvalue weighted by molar-refractivity contribution is 7.86. The molecule has 0 radical (unpaired) electrons. The molecule has 1 aliphatic rings. The summed E-state index contributed by atoms with van der Waals surface area (Å²) in [6.45, 7) is 8.41. The van der Waals surface area contributed by atoms with E-state index >= 15 is 0 Å². The first-order valence-corrected chi connectivity index (χ1v) is 12.2. The molecule has 30 heavy (non-hydrogen) atoms. The van der Waals surface area contributed by atoms with Crippen LogP contribution in [0.3, 0.4) is 0 Å². The van der Waals surface area contributed by atoms with Crippen LogP contribution in [0.15, 0.2) is 41.6 Å². The third kappa shape index (κ3) is 5.93. The summed E-state index contributed by atoms with van der Waals surface area (Å²) in [5, 5.41) is 0.544. The van der Waals surface area contributed by atoms with Gasteiger partial charge < -0.3 is 4.90 Å². The minimum absolute atomic E-state index is 0.208. The molecule has 0 amide bonds. The van der Waals surface area contributed by atoms with Gasteiger partial charge in [0.2, 0.25) is 5.95 Å². The first-order valence-electron chi connectivity index (χ1n) is 10.4. The van der Waals surface area contributed by atoms with Crippen molar-refractivity contribution in [2.24, 2.45) is 17.8 Å². The number of anilines is 1. The number of aryl methyl sites for hydroxylation is 1. The summed E-state index contributed by atoms with van der Waals surface area (Å²) < 4.78 is 30.0. The predicted octanol–water partition coefficient (Wildman–Crippen LogP) is 4.72. The second-order valence-corrected chi connectivity index (χ2v) is 10.3. The molecule has 2 heterocycles. The van der Waals surface area contributed by atoms with Gasteiger partial charge in [-0.05, 0) is 56.1 Å². The van der Waals surface area contributed by atoms with Gasteiger partial charge in [-0.3, -0.25) is 4.18 Å². The molecular weight excluding hydrogens is 422 g/mol. The summed E-state index contributed by atoms with van der Waals surface area (Å²) in [7, 11) is -3.69. The monoisotopic (exact) mass is 451 g/mol. The number of nitrogens with zero attached hydrogens (tertiary/aromatic N) is 3. The molecule has 0 bridgehead atoms. The van der Waals surface area contributed by atoms with Crippen LogP contribution in [-0.2, 0) is 14.3 Å². The van der Waals surface area contributed by atoms with Gasteiger partial charge in [0.15, 0.2) is 0 Å². The number of hydrogen-bond acceptors (Lipinski definition) is 6. The lowest BCUT2D eigenvalue weighted by Crippen LogP contribution is -2.37. The highest BCUT2D eigenvalue weighted by Gasteiger charge is 2.28. The average molecular weight is 452 g/mol. The zero-order valence-corrected chi connectivity index (χ0v) is 19.4. The van der Waals surface area contributed by atoms with E-state index in [1.807, 2.05) is 6.92 Å². The standard InChI is InChI=1S/C22H30ClN3O3S/c1-16-4-6-21(7-5-16)30(27,28)29-13-10-17(2)18(3)19-8-11-26(12-9-19)22-24-14-20(23)15-25-22/h4-7,14-15,17-19H,8-13H2,1-3H3. The first-order chi connectivity index (χ1) is 14.3. The number of piperidine rings is 1. The van der Waals surface area contributed by atoms with Crippen molar-refractivity contribution in [3.05, 3.63) is 47.2 Å². The molecular formula is C22H30ClN3O3S. The van der Waals surface area contributed by atoms with Crippen molar-refractivity contribution in [3.63, 3.8) is 0 Å². The normalized spacial score (nSPS) is 17.7. The third-order valence-corrected chi connectivity index (χ3v) is 7.71. The van der Waals surface area contributed by atoms with Crippen LogP contribution in [-0.4, -0.2) is 38.1 Å². The molecule has 164 valence electrons. The van der Waals surface area contributed by atoms with Crippen LogP contribution in [0.1, 0.15) is 38.7 Å². The third-order valence-electron chi connectivity index (χ3n) is 6.19. The Bertz CT molecular complexity index is 912. The second-order valence-electron chi connectivity index (χ2n) is 8.24. The molecule has 1 aromatic heterocycles. The second kappa shape index (κ2) is 10.1. The smallest absolute Gasteiger partial charge is 0.296 e. The van der Waals surface area contributed by atoms with Gasteiger partial charge in [0.25, 0.3) is 10.1 Å². The predicted molar refractivity (Wildman–Crippen MR) is 119 cm³/mol. The van der Waals surface area contributed by atoms with E-state index < -0.39 is 10.1 Å². The van der Waals surface area contributed by atoms with E-state index in [1.165, 1.54) is 0 Å². The van der Waals surface area contributed by atoms with Gasteiger partial charge in [-0.25, -0.2) is 9.97 Å². The Labute approximate surface area is 184 Å². The first kappa shape index (κ1) is 23.0. The maximum absolute atomic E-state index is 12.3. The SMILES string of the molecule is Cc1ccc(S(=O)(=O)OCCC(C)C(C)C2CCN(c3ncc(Cl)cn3)CC2)cc1. The Morgan fingerprint density at radius 1 is 1.13 bits per heavy atom. The number of rotatable bonds is 8. The Morgan fingerprint density at radius 3 is 2.33 bits per heavy atom. The molecule has 2 aromatic rings. The summed E-state index contributed by atoms with van der Waals surface area (Å²) >= 11 is 5.87. The summed E-state index contributed by atoms with van der Waals surface area (Å²) in [5.74, 6) is 2.19. The largest absolute Gasteiger partial charge is 0.341 e. The van der Waals surface area contributed by atoms with E-state index in [4.69, 9.17) is 15.8 Å². The van der Waals surface area contributed by atoms with Crippen molar-refractivity contribution in [2.75, 3.05) is 24.6 Å². The molecule has 3 rings (SSSR count). The molecule has 0 N–H and O–H groups in total. The highest BCUT2D eigenvalue weighted by Crippen LogP contribution is 2.32. The fraction of sp³-hybridized carbons (Fsp3) is 0.545. The summed E-state index contributed by atoms with van der Waals surface area (Å²) in [5.41, 5.74) is 1.02. The molecule has 1 fully saturated rings. The van der Waals surface area contributed by atoms with Gasteiger partial charge in [0.1, 0.15) is 0 Å². The van der Waals surface area contributed by atoms with E-state index in [0.717, 1.165) is 37.4 Å². The molecule has 2 atom stereocenters. The molecule has 1 saturated heterocycles. The Kier molecular flexibility index (Phi) is 7.71. The van der Waals surface area contributed by atoms with Gasteiger partial charge in [0, 0.05) is 13.1 Å². The van der Waals surface area contributed by atoms with Crippen LogP contribution in [0, 0.1) is 24.7 Å². The summed E-state index contributed by atoms with van der Waals surface area (Å²) in [6.07, 6.45) is 6.11. The fourth-order valence-corrected chi connectivity index (χ4v) is 4.96. The van der Waals surface area contributed by atoms with E-state index in [0.29, 0.717) is 29.2 Å². The van der Waals surface area contributed by atoms with Gasteiger partial charge in [0.05, 0.1) is 28.9 Å². The van der Waals surface area contributed by atoms with Crippen LogP contribution in [0.25, 0.3) is 0 Å². The van der Waals surface area contributed by atoms with Crippen molar-refractivity contribution in [1.82, 2.24) is 9.97 Å². The molecule has 2 unspecified atom stereocenters. The Morgan fingerprint density at radius 2 is 1.73 bits per heavy atom. The van der Waals surface area contributed by atoms with E-state index in [2.05, 4.69) is 28.7 Å². The lowest BCUT2D eigenvalue weighted by atomic mass is 9.77. The lowest BCUT2D eigenvalue weighted by Gasteiger charge is -2.37. The maximum atomic E-state index is 12.3. The van der Waals surface area contributed by atoms with Crippen molar-refractivity contribution < 1.29 is 12.6 Å². The zero-order chi connectivity index (χ0) is 21.7.